The number of nitrogens with one attached hydrogen (secondary N) is 1. The van der Waals surface area contributed by atoms with Crippen molar-refractivity contribution in [3.05, 3.63) is 30.0 Å². The molecule has 0 aliphatic rings. The molecule has 0 bridgehead atoms. The molecule has 1 aromatic carbocycles. The van der Waals surface area contributed by atoms with Crippen molar-refractivity contribution in [1.82, 2.24) is 9.97 Å². The fourth-order valence-corrected chi connectivity index (χ4v) is 2.68. The van der Waals surface area contributed by atoms with Gasteiger partial charge in [0.2, 0.25) is 0 Å². The molecule has 0 aliphatic carbocycles. The average molecular weight is 289 g/mol. The van der Waals surface area contributed by atoms with Gasteiger partial charge in [0.15, 0.2) is 0 Å². The monoisotopic (exact) mass is 289 g/mol. The van der Waals surface area contributed by atoms with Crippen LogP contribution < -0.4 is 5.32 Å². The first-order chi connectivity index (χ1) is 9.81. The highest BCUT2D eigenvalue weighted by atomic mass is 32.2. The Hall–Kier alpha value is -1.29. The van der Waals surface area contributed by atoms with Gasteiger partial charge in [-0.05, 0) is 43.9 Å². The molecule has 4 heteroatoms. The zero-order valence-electron chi connectivity index (χ0n) is 12.4. The maximum absolute atomic E-state index is 4.65. The highest BCUT2D eigenvalue weighted by Crippen LogP contribution is 2.16. The topological polar surface area (TPSA) is 37.8 Å². The molecule has 20 heavy (non-hydrogen) atoms. The minimum absolute atomic E-state index is 0.924. The molecule has 0 spiro atoms. The van der Waals surface area contributed by atoms with Crippen LogP contribution in [0.5, 0.6) is 0 Å². The Balaban J connectivity index is 1.82. The minimum Gasteiger partial charge on any atom is -0.369 e. The second-order valence-electron chi connectivity index (χ2n) is 4.98. The molecule has 0 saturated carbocycles. The van der Waals surface area contributed by atoms with Crippen LogP contribution in [0.4, 0.5) is 5.82 Å². The van der Waals surface area contributed by atoms with E-state index in [1.54, 1.807) is 0 Å². The summed E-state index contributed by atoms with van der Waals surface area (Å²) in [6, 6.07) is 8.01. The third-order valence-electron chi connectivity index (χ3n) is 3.31. The van der Waals surface area contributed by atoms with Crippen molar-refractivity contribution >= 4 is 28.6 Å². The van der Waals surface area contributed by atoms with Gasteiger partial charge in [0, 0.05) is 6.54 Å². The van der Waals surface area contributed by atoms with Gasteiger partial charge in [-0.15, -0.1) is 0 Å². The van der Waals surface area contributed by atoms with Crippen molar-refractivity contribution < 1.29 is 0 Å². The van der Waals surface area contributed by atoms with Crippen LogP contribution in [0.3, 0.4) is 0 Å². The van der Waals surface area contributed by atoms with E-state index in [-0.39, 0.29) is 0 Å². The lowest BCUT2D eigenvalue weighted by atomic mass is 10.2. The summed E-state index contributed by atoms with van der Waals surface area (Å²) in [6.45, 7) is 2.99. The van der Waals surface area contributed by atoms with Gasteiger partial charge in [-0.2, -0.15) is 11.8 Å². The van der Waals surface area contributed by atoms with Crippen molar-refractivity contribution in [3.8, 4) is 0 Å². The van der Waals surface area contributed by atoms with Gasteiger partial charge >= 0.3 is 0 Å². The SMILES string of the molecule is CSCCCCCCNc1nc2ccccc2nc1C. The van der Waals surface area contributed by atoms with Gasteiger partial charge in [0.1, 0.15) is 5.82 Å². The summed E-state index contributed by atoms with van der Waals surface area (Å²) < 4.78 is 0. The molecule has 0 fully saturated rings. The summed E-state index contributed by atoms with van der Waals surface area (Å²) in [5.74, 6) is 2.20. The summed E-state index contributed by atoms with van der Waals surface area (Å²) in [7, 11) is 0. The third kappa shape index (κ3) is 4.37. The van der Waals surface area contributed by atoms with Crippen molar-refractivity contribution in [3.63, 3.8) is 0 Å². The average Bonchev–Trinajstić information content (AvgIpc) is 2.46. The summed E-state index contributed by atoms with van der Waals surface area (Å²) in [5, 5.41) is 3.42. The van der Waals surface area contributed by atoms with Crippen LogP contribution in [0.15, 0.2) is 24.3 Å². The molecular formula is C16H23N3S. The van der Waals surface area contributed by atoms with Gasteiger partial charge in [0.25, 0.3) is 0 Å². The van der Waals surface area contributed by atoms with Crippen molar-refractivity contribution in [2.45, 2.75) is 32.6 Å². The molecule has 0 radical (unpaired) electrons. The largest absolute Gasteiger partial charge is 0.369 e. The number of nitrogens with zero attached hydrogens (tertiary/aromatic N) is 2. The predicted octanol–water partition coefficient (Wildman–Crippen LogP) is 4.27. The number of aromatic nitrogens is 2. The van der Waals surface area contributed by atoms with Gasteiger partial charge in [0.05, 0.1) is 16.7 Å². The molecule has 1 aromatic heterocycles. The van der Waals surface area contributed by atoms with Gasteiger partial charge in [-0.25, -0.2) is 9.97 Å². The first kappa shape index (κ1) is 15.1. The van der Waals surface area contributed by atoms with Crippen molar-refractivity contribution in [2.24, 2.45) is 0 Å². The number of anilines is 1. The van der Waals surface area contributed by atoms with Crippen LogP contribution in [-0.4, -0.2) is 28.5 Å². The fraction of sp³-hybridized carbons (Fsp3) is 0.500. The molecule has 0 unspecified atom stereocenters. The lowest BCUT2D eigenvalue weighted by Crippen LogP contribution is -2.06. The Bertz CT molecular complexity index is 542. The van der Waals surface area contributed by atoms with Crippen LogP contribution in [0, 0.1) is 6.92 Å². The normalized spacial score (nSPS) is 10.9. The number of para-hydroxylation sites is 2. The van der Waals surface area contributed by atoms with E-state index in [2.05, 4.69) is 21.5 Å². The van der Waals surface area contributed by atoms with E-state index < -0.39 is 0 Å². The highest BCUT2D eigenvalue weighted by Gasteiger charge is 2.03. The van der Waals surface area contributed by atoms with E-state index in [9.17, 15) is 0 Å². The summed E-state index contributed by atoms with van der Waals surface area (Å²) in [4.78, 5) is 9.23. The first-order valence-electron chi connectivity index (χ1n) is 7.27. The third-order valence-corrected chi connectivity index (χ3v) is 4.01. The lowest BCUT2D eigenvalue weighted by molar-refractivity contribution is 0.688. The highest BCUT2D eigenvalue weighted by molar-refractivity contribution is 7.98. The van der Waals surface area contributed by atoms with Crippen LogP contribution >= 0.6 is 11.8 Å². The van der Waals surface area contributed by atoms with E-state index in [0.717, 1.165) is 29.1 Å². The van der Waals surface area contributed by atoms with Crippen LogP contribution in [0.1, 0.15) is 31.4 Å². The molecule has 0 amide bonds. The van der Waals surface area contributed by atoms with E-state index >= 15 is 0 Å². The van der Waals surface area contributed by atoms with Gasteiger partial charge in [-0.1, -0.05) is 25.0 Å². The lowest BCUT2D eigenvalue weighted by Gasteiger charge is -2.09. The number of hydrogen-bond acceptors (Lipinski definition) is 4. The molecule has 2 aromatic rings. The maximum Gasteiger partial charge on any atom is 0.148 e. The van der Waals surface area contributed by atoms with Gasteiger partial charge in [-0.3, -0.25) is 0 Å². The zero-order chi connectivity index (χ0) is 14.2. The Kier molecular flexibility index (Phi) is 6.12. The molecule has 108 valence electrons. The molecule has 1 N–H and O–H groups in total. The first-order valence-corrected chi connectivity index (χ1v) is 8.67. The van der Waals surface area contributed by atoms with Crippen LogP contribution in [0.2, 0.25) is 0 Å². The second kappa shape index (κ2) is 8.10. The number of unbranched alkanes of at least 4 members (excludes halogenated alkanes) is 3. The fourth-order valence-electron chi connectivity index (χ4n) is 2.19. The quantitative estimate of drug-likeness (QED) is 0.736. The Labute approximate surface area is 125 Å². The smallest absolute Gasteiger partial charge is 0.148 e. The Morgan fingerprint density at radius 1 is 1.00 bits per heavy atom. The summed E-state index contributed by atoms with van der Waals surface area (Å²) in [5.41, 5.74) is 2.90. The minimum atomic E-state index is 0.924. The number of rotatable bonds is 8. The molecule has 3 nitrogen and oxygen atoms in total. The Morgan fingerprint density at radius 3 is 2.45 bits per heavy atom. The number of thioether (sulfide) groups is 1. The number of hydrogen-bond donors (Lipinski definition) is 1. The number of fused-ring (bicyclic) bond motifs is 1. The van der Waals surface area contributed by atoms with Crippen molar-refractivity contribution in [1.29, 1.82) is 0 Å². The zero-order valence-corrected chi connectivity index (χ0v) is 13.2. The maximum atomic E-state index is 4.65. The summed E-state index contributed by atoms with van der Waals surface area (Å²) >= 11 is 1.93. The molecule has 0 saturated heterocycles. The van der Waals surface area contributed by atoms with E-state index in [1.807, 2.05) is 43.0 Å². The molecule has 0 atom stereocenters. The van der Waals surface area contributed by atoms with E-state index in [4.69, 9.17) is 0 Å². The molecular weight excluding hydrogens is 266 g/mol. The number of aryl methyl sites for hydroxylation is 1. The molecule has 2 rings (SSSR count). The van der Waals surface area contributed by atoms with Gasteiger partial charge < -0.3 is 5.32 Å². The van der Waals surface area contributed by atoms with E-state index in [0.29, 0.717) is 0 Å². The molecule has 0 aliphatic heterocycles. The number of benzene rings is 1. The van der Waals surface area contributed by atoms with Crippen LogP contribution in [-0.2, 0) is 0 Å². The second-order valence-corrected chi connectivity index (χ2v) is 5.97. The van der Waals surface area contributed by atoms with Crippen LogP contribution in [0.25, 0.3) is 11.0 Å². The predicted molar refractivity (Wildman–Crippen MR) is 89.6 cm³/mol. The summed E-state index contributed by atoms with van der Waals surface area (Å²) in [6.07, 6.45) is 7.31. The van der Waals surface area contributed by atoms with Crippen molar-refractivity contribution in [2.75, 3.05) is 23.9 Å². The molecule has 1 heterocycles. The van der Waals surface area contributed by atoms with E-state index in [1.165, 1.54) is 31.4 Å². The Morgan fingerprint density at radius 2 is 1.70 bits per heavy atom. The standard InChI is InChI=1S/C16H23N3S/c1-13-16(17-11-7-3-4-8-12-20-2)19-15-10-6-5-9-14(15)18-13/h5-6,9-10H,3-4,7-8,11-12H2,1-2H3,(H,17,19).